The third kappa shape index (κ3) is 30.7. The van der Waals surface area contributed by atoms with Gasteiger partial charge < -0.3 is 104 Å². The molecule has 760 valence electrons. The molecule has 0 aliphatic carbocycles. The maximum Gasteiger partial charge on any atom is 0.340 e. The fraction of sp³-hybridized carbons (Fsp3) is 0.410. The number of aromatic amines is 1. The molecule has 0 spiro atoms. The monoisotopic (exact) mass is 2230 g/mol. The van der Waals surface area contributed by atoms with Crippen molar-refractivity contribution in [2.24, 2.45) is 17.6 Å². The summed E-state index contributed by atoms with van der Waals surface area (Å²) in [6.07, 6.45) is -5.01. The Morgan fingerprint density at radius 3 is 1.39 bits per heavy atom. The van der Waals surface area contributed by atoms with Gasteiger partial charge in [0.1, 0.15) is 81.6 Å². The summed E-state index contributed by atoms with van der Waals surface area (Å²) in [6, 6.07) is 30.1. The van der Waals surface area contributed by atoms with Crippen molar-refractivity contribution in [3.05, 3.63) is 211 Å². The number of nitrogens with two attached hydrogens (primary N) is 1. The van der Waals surface area contributed by atoms with E-state index in [2.05, 4.69) is 65.5 Å². The van der Waals surface area contributed by atoms with Crippen LogP contribution in [0.5, 0.6) is 0 Å². The van der Waals surface area contributed by atoms with E-state index in [9.17, 15) is 76.2 Å². The van der Waals surface area contributed by atoms with Crippen LogP contribution in [0.1, 0.15) is 139 Å². The van der Waals surface area contributed by atoms with Crippen molar-refractivity contribution in [3.8, 4) is 0 Å². The number of carbonyl (C=O) groups excluding carboxylic acids is 3. The highest BCUT2D eigenvalue weighted by Gasteiger charge is 2.50. The van der Waals surface area contributed by atoms with Crippen LogP contribution in [0.3, 0.4) is 0 Å². The normalized spacial score (nSPS) is 23.2. The topological polar surface area (TPSA) is 565 Å². The van der Waals surface area contributed by atoms with E-state index in [0.29, 0.717) is 49.6 Å². The van der Waals surface area contributed by atoms with Gasteiger partial charge in [0, 0.05) is 60.8 Å². The fourth-order valence-electron chi connectivity index (χ4n) is 14.7. The summed E-state index contributed by atoms with van der Waals surface area (Å²) in [6.45, 7) is 14.7. The number of esters is 3. The molecule has 0 saturated carbocycles. The number of imidazole rings is 2. The standard InChI is InChI=1S/C19H23ClFN5O9P2.C18H19ClFN5O4.C16H20O5.C15H17Cl2N3O3.C8H10FN.C6H3Cl2N3.CH2Cl4O2P2/c1-9(10-4-2-3-5-11(10)21)23-16-13-17(25-19(20)24-16)26(7-22-13)18-15(28)14(27)12(35-18)6-34-37(32,33)8-36(29,30)31;1-8(9-4-2-3-5-10(9)20)22-15-12-16(24-18(19)23-15)25(7-21-12)17-14(28)13(27)11(6-26)29-17;1-4-13-10(2)14(19-11(3)17)16(20-13)21-15(18)12-8-6-5-7-9-12;1-4-10-7(2)11(22-8(3)21)14(23-10)20-6-5-9-12(16)18-15(17)19-13(9)20;1-6(10)7-4-2-3-5-8(7)9;7-4-3-1-2-9-5(3)11-6(8)10-4;2-8(3,6)1-9(4,5)7/h2-5,7,9,12,14-15,18,27-28H,6,8H2,1H3,(H,32,33)(H,23,24,25)(H2,29,30,31);2-5,7-8,11,13-14,17,26-28H,6H2,1H3,(H,22,23,24);5-10,13-14,16H,4H2,1-3H3;5-7,10-11,14H,4H2,1-3H3;2-6H,10H2,1H3;1-2H,(H,9,10,11);1H2/t9-,12+,14+,15+,18+;8-,11+,13+,14+,17+;10-,13-,14-,16?;7-,10-,11-,14-;6-;;/m00110../s1. The van der Waals surface area contributed by atoms with E-state index in [1.165, 1.54) is 53.8 Å². The van der Waals surface area contributed by atoms with Crippen molar-refractivity contribution in [1.29, 1.82) is 0 Å². The minimum Gasteiger partial charge on any atom is -0.457 e. The first kappa shape index (κ1) is 114. The molecule has 4 aliphatic heterocycles. The smallest absolute Gasteiger partial charge is 0.340 e. The van der Waals surface area contributed by atoms with Gasteiger partial charge in [0.25, 0.3) is 11.7 Å². The van der Waals surface area contributed by atoms with Crippen molar-refractivity contribution in [2.45, 2.75) is 179 Å². The molecule has 4 aromatic carbocycles. The Bertz CT molecular complexity index is 6470. The SMILES string of the molecule is CC[C@H]1OC(OC(=O)c2ccccc2)[C@H](OC(C)=O)[C@@H]1C.CC[C@H]1O[C@@H](n2ccc3c(Cl)nc(Cl)nc32)[C@H](OC(C)=O)[C@@H]1C.C[C@H](N)c1ccccc1F.C[C@H](Nc1nc(Cl)nc2c1ncn2[C@@H]1O[C@H](CO)[C@@H](O)[C@H]1O)c1ccccc1F.C[C@H](Nc1nc(Cl)nc2c1ncn2[C@@H]1O[C@H](COP(=O)(O)CP(=O)(O)O)[C@@H](O)[C@H]1O)c1ccccc1F.Clc1nc(Cl)c2cc[nH]c2n1.O=P(Cl)(Cl)CP(=O)(Cl)Cl. The minimum absolute atomic E-state index is 0.00502. The Balaban J connectivity index is 0.000000177. The number of halogens is 13. The third-order valence-electron chi connectivity index (χ3n) is 21.3. The van der Waals surface area contributed by atoms with Crippen LogP contribution in [0, 0.1) is 29.3 Å². The molecule has 4 fully saturated rings. The van der Waals surface area contributed by atoms with Crippen molar-refractivity contribution in [2.75, 3.05) is 35.7 Å². The molecule has 13 N–H and O–H groups in total. The number of ether oxygens (including phenoxy) is 7. The summed E-state index contributed by atoms with van der Waals surface area (Å²) in [4.78, 5) is 106. The lowest BCUT2D eigenvalue weighted by Crippen LogP contribution is -2.34. The van der Waals surface area contributed by atoms with Crippen LogP contribution in [0.2, 0.25) is 31.4 Å². The Morgan fingerprint density at radius 1 is 0.514 bits per heavy atom. The van der Waals surface area contributed by atoms with Gasteiger partial charge in [-0.25, -0.2) is 37.9 Å². The summed E-state index contributed by atoms with van der Waals surface area (Å²) >= 11 is 55.5. The molecule has 40 nitrogen and oxygen atoms in total. The summed E-state index contributed by atoms with van der Waals surface area (Å²) in [5, 5.41) is 58.7. The second-order valence-corrected chi connectivity index (χ2v) is 48.6. The van der Waals surface area contributed by atoms with Gasteiger partial charge in [-0.05, 0) is 167 Å². The molecule has 0 radical (unpaired) electrons. The van der Waals surface area contributed by atoms with Gasteiger partial charge in [-0.15, -0.1) is 0 Å². The Morgan fingerprint density at radius 2 is 0.943 bits per heavy atom. The van der Waals surface area contributed by atoms with E-state index in [1.807, 2.05) is 33.8 Å². The van der Waals surface area contributed by atoms with Crippen LogP contribution >= 0.6 is 141 Å². The van der Waals surface area contributed by atoms with Crippen molar-refractivity contribution < 1.29 is 124 Å². The van der Waals surface area contributed by atoms with E-state index in [4.69, 9.17) is 168 Å². The number of aliphatic hydroxyl groups excluding tert-OH is 5. The van der Waals surface area contributed by atoms with Crippen molar-refractivity contribution >= 4 is 215 Å². The number of aromatic nitrogens is 14. The lowest BCUT2D eigenvalue weighted by molar-refractivity contribution is -0.170. The van der Waals surface area contributed by atoms with Gasteiger partial charge in [0.2, 0.25) is 27.4 Å². The summed E-state index contributed by atoms with van der Waals surface area (Å²) in [5.74, 6) is -10.5. The summed E-state index contributed by atoms with van der Waals surface area (Å²) < 4.78 is 133. The van der Waals surface area contributed by atoms with Crippen LogP contribution in [0.25, 0.3) is 44.4 Å². The van der Waals surface area contributed by atoms with E-state index in [1.54, 1.807) is 129 Å². The Labute approximate surface area is 845 Å². The van der Waals surface area contributed by atoms with Gasteiger partial charge >= 0.3 is 33.1 Å². The molecule has 57 heteroatoms. The minimum atomic E-state index is -4.85. The van der Waals surface area contributed by atoms with Crippen LogP contribution in [-0.2, 0) is 65.5 Å². The maximum atomic E-state index is 14.2. The molecular formula is C83H94Cl10F3N17O23P4. The number of nitrogens with zero attached hydrogens (tertiary/aromatic N) is 13. The molecule has 4 aliphatic rings. The number of carbonyl (C=O) groups is 3. The molecule has 12 aromatic rings. The molecule has 0 amide bonds. The molecule has 140 heavy (non-hydrogen) atoms. The largest absolute Gasteiger partial charge is 0.457 e. The van der Waals surface area contributed by atoms with Crippen molar-refractivity contribution in [1.82, 2.24) is 68.5 Å². The average molecular weight is 2230 g/mol. The number of rotatable bonds is 24. The number of nitrogens with one attached hydrogen (secondary N) is 3. The van der Waals surface area contributed by atoms with Gasteiger partial charge in [-0.3, -0.25) is 37.0 Å². The quantitative estimate of drug-likeness (QED) is 0.00879. The number of H-pyrrole nitrogens is 1. The zero-order chi connectivity index (χ0) is 103. The molecule has 0 bridgehead atoms. The molecule has 12 heterocycles. The number of fused-ring (bicyclic) bond motifs is 4. The summed E-state index contributed by atoms with van der Waals surface area (Å²) in [5.41, 5.74) is 9.38. The number of aliphatic hydroxyl groups is 5. The van der Waals surface area contributed by atoms with Gasteiger partial charge in [-0.1, -0.05) is 124 Å². The molecule has 4 saturated heterocycles. The Kier molecular flexibility index (Phi) is 41.1. The second-order valence-electron chi connectivity index (χ2n) is 31.5. The van der Waals surface area contributed by atoms with Crippen LogP contribution in [0.15, 0.2) is 140 Å². The molecule has 8 aromatic heterocycles. The van der Waals surface area contributed by atoms with Crippen LogP contribution in [-0.4, -0.2) is 219 Å². The van der Waals surface area contributed by atoms with E-state index in [-0.39, 0.29) is 102 Å². The van der Waals surface area contributed by atoms with Crippen molar-refractivity contribution in [3.63, 3.8) is 0 Å². The van der Waals surface area contributed by atoms with E-state index >= 15 is 0 Å². The first-order valence-corrected chi connectivity index (χ1v) is 55.2. The number of hydrogen-bond acceptors (Lipinski definition) is 33. The maximum absolute atomic E-state index is 14.2. The molecule has 16 rings (SSSR count). The van der Waals surface area contributed by atoms with E-state index in [0.717, 1.165) is 18.2 Å². The third-order valence-corrected chi connectivity index (χ3v) is 32.5. The molecule has 20 atom stereocenters. The van der Waals surface area contributed by atoms with Crippen LogP contribution < -0.4 is 16.4 Å². The Hall–Kier alpha value is -7.72. The van der Waals surface area contributed by atoms with E-state index < -0.39 is 156 Å². The number of anilines is 2. The fourth-order valence-corrected chi connectivity index (χ4v) is 27.4. The first-order chi connectivity index (χ1) is 65.8. The lowest BCUT2D eigenvalue weighted by atomic mass is 9.98. The van der Waals surface area contributed by atoms with Gasteiger partial charge in [0.05, 0.1) is 66.5 Å². The summed E-state index contributed by atoms with van der Waals surface area (Å²) in [7, 11) is -9.57. The molecular weight excluding hydrogens is 2140 g/mol. The first-order valence-electron chi connectivity index (χ1n) is 42.0. The predicted octanol–water partition coefficient (Wildman–Crippen LogP) is 17.7. The zero-order valence-corrected chi connectivity index (χ0v) is 85.9. The highest BCUT2D eigenvalue weighted by Crippen LogP contribution is 2.72. The average Bonchev–Trinajstić information content (AvgIpc) is 1.76. The molecule has 2 unspecified atom stereocenters. The second kappa shape index (κ2) is 50.4. The number of hydrogen-bond donors (Lipinski definition) is 12. The van der Waals surface area contributed by atoms with Gasteiger partial charge in [0.15, 0.2) is 70.8 Å². The highest BCUT2D eigenvalue weighted by atomic mass is 35.9. The highest BCUT2D eigenvalue weighted by molar-refractivity contribution is 8.21. The predicted molar refractivity (Wildman–Crippen MR) is 518 cm³/mol. The lowest BCUT2D eigenvalue weighted by Gasteiger charge is -2.22. The zero-order valence-electron chi connectivity index (χ0n) is 74.8. The number of benzene rings is 4. The van der Waals surface area contributed by atoms with Crippen LogP contribution in [0.4, 0.5) is 24.8 Å². The van der Waals surface area contributed by atoms with Gasteiger partial charge in [-0.2, -0.15) is 29.9 Å².